The second-order valence-electron chi connectivity index (χ2n) is 9.74. The van der Waals surface area contributed by atoms with E-state index in [1.54, 1.807) is 0 Å². The lowest BCUT2D eigenvalue weighted by Gasteiger charge is -2.27. The summed E-state index contributed by atoms with van der Waals surface area (Å²) >= 11 is 0. The second kappa shape index (κ2) is 10.3. The van der Waals surface area contributed by atoms with E-state index in [4.69, 9.17) is 0 Å². The number of carbonyl (C=O) groups is 2. The molecular weight excluding hydrogens is 364 g/mol. The molecule has 0 aromatic rings. The van der Waals surface area contributed by atoms with Crippen molar-refractivity contribution in [3.8, 4) is 0 Å². The number of amides is 2. The van der Waals surface area contributed by atoms with Gasteiger partial charge in [0.1, 0.15) is 0 Å². The molecule has 29 heavy (non-hydrogen) atoms. The molecule has 4 atom stereocenters. The summed E-state index contributed by atoms with van der Waals surface area (Å²) in [4.78, 5) is 28.7. The summed E-state index contributed by atoms with van der Waals surface area (Å²) in [5, 5.41) is 6.14. The Labute approximate surface area is 176 Å². The van der Waals surface area contributed by atoms with E-state index in [1.807, 2.05) is 0 Å². The van der Waals surface area contributed by atoms with E-state index in [0.29, 0.717) is 37.0 Å². The van der Waals surface area contributed by atoms with Crippen molar-refractivity contribution in [2.45, 2.75) is 108 Å². The van der Waals surface area contributed by atoms with Gasteiger partial charge in [0, 0.05) is 50.1 Å². The Hall–Kier alpha value is -1.14. The number of nitrogens with zero attached hydrogens (tertiary/aromatic N) is 2. The van der Waals surface area contributed by atoms with Crippen molar-refractivity contribution < 1.29 is 9.59 Å². The van der Waals surface area contributed by atoms with Crippen molar-refractivity contribution in [2.24, 2.45) is 0 Å². The van der Waals surface area contributed by atoms with Crippen molar-refractivity contribution in [2.75, 3.05) is 26.2 Å². The molecule has 0 radical (unpaired) electrons. The minimum absolute atomic E-state index is 0.248. The monoisotopic (exact) mass is 404 g/mol. The maximum atomic E-state index is 11.7. The molecule has 4 bridgehead atoms. The van der Waals surface area contributed by atoms with E-state index in [9.17, 15) is 9.59 Å². The molecule has 4 heterocycles. The Morgan fingerprint density at radius 3 is 1.41 bits per heavy atom. The van der Waals surface area contributed by atoms with Gasteiger partial charge >= 0.3 is 0 Å². The number of fused-ring (bicyclic) bond motifs is 4. The number of hydrogen-bond acceptors (Lipinski definition) is 4. The molecule has 0 aromatic heterocycles. The van der Waals surface area contributed by atoms with E-state index in [2.05, 4.69) is 20.4 Å². The highest BCUT2D eigenvalue weighted by Crippen LogP contribution is 2.29. The van der Waals surface area contributed by atoms with Gasteiger partial charge in [0.2, 0.25) is 11.8 Å². The van der Waals surface area contributed by atoms with Crippen LogP contribution in [0.5, 0.6) is 0 Å². The molecule has 0 aromatic carbocycles. The zero-order valence-corrected chi connectivity index (χ0v) is 18.0. The Balaban J connectivity index is 1.03. The van der Waals surface area contributed by atoms with Crippen LogP contribution in [0, 0.1) is 0 Å². The smallest absolute Gasteiger partial charge is 0.221 e. The van der Waals surface area contributed by atoms with Crippen LogP contribution in [-0.4, -0.2) is 72.0 Å². The number of hydrogen-bond donors (Lipinski definition) is 2. The molecular formula is C23H40N4O2. The number of carbonyl (C=O) groups excluding carboxylic acids is 2. The summed E-state index contributed by atoms with van der Waals surface area (Å²) in [5.74, 6) is 0.497. The van der Waals surface area contributed by atoms with E-state index >= 15 is 0 Å². The largest absolute Gasteiger partial charge is 0.354 e. The minimum atomic E-state index is 0.248. The van der Waals surface area contributed by atoms with Crippen molar-refractivity contribution in [1.82, 2.24) is 20.4 Å². The van der Waals surface area contributed by atoms with Gasteiger partial charge in [-0.05, 0) is 51.6 Å². The molecule has 4 unspecified atom stereocenters. The number of rotatable bonds is 10. The molecule has 4 rings (SSSR count). The van der Waals surface area contributed by atoms with Gasteiger partial charge in [-0.2, -0.15) is 0 Å². The third-order valence-electron chi connectivity index (χ3n) is 7.79. The summed E-state index contributed by atoms with van der Waals surface area (Å²) in [7, 11) is 0. The lowest BCUT2D eigenvalue weighted by molar-refractivity contribution is -0.122. The van der Waals surface area contributed by atoms with E-state index in [0.717, 1.165) is 13.1 Å². The fourth-order valence-corrected chi connectivity index (χ4v) is 6.14. The van der Waals surface area contributed by atoms with Crippen LogP contribution >= 0.6 is 0 Å². The van der Waals surface area contributed by atoms with E-state index < -0.39 is 0 Å². The van der Waals surface area contributed by atoms with Crippen LogP contribution in [0.3, 0.4) is 0 Å². The van der Waals surface area contributed by atoms with Gasteiger partial charge in [0.15, 0.2) is 0 Å². The van der Waals surface area contributed by atoms with Crippen molar-refractivity contribution in [3.05, 3.63) is 0 Å². The average Bonchev–Trinajstić information content (AvgIpc) is 3.15. The lowest BCUT2D eigenvalue weighted by Crippen LogP contribution is -2.38. The molecule has 6 heteroatoms. The molecule has 6 nitrogen and oxygen atoms in total. The molecule has 0 spiro atoms. The van der Waals surface area contributed by atoms with Gasteiger partial charge in [-0.15, -0.1) is 0 Å². The van der Waals surface area contributed by atoms with Gasteiger partial charge in [-0.3, -0.25) is 19.4 Å². The molecule has 2 amide bonds. The van der Waals surface area contributed by atoms with E-state index in [-0.39, 0.29) is 11.8 Å². The van der Waals surface area contributed by atoms with Crippen LogP contribution < -0.4 is 10.6 Å². The van der Waals surface area contributed by atoms with Gasteiger partial charge in [-0.1, -0.05) is 32.1 Å². The highest BCUT2D eigenvalue weighted by atomic mass is 16.2. The summed E-state index contributed by atoms with van der Waals surface area (Å²) in [6.07, 6.45) is 15.6. The second-order valence-corrected chi connectivity index (χ2v) is 9.74. The quantitative estimate of drug-likeness (QED) is 0.549. The van der Waals surface area contributed by atoms with Gasteiger partial charge in [0.05, 0.1) is 0 Å². The first-order valence-corrected chi connectivity index (χ1v) is 12.3. The predicted molar refractivity (Wildman–Crippen MR) is 115 cm³/mol. The zero-order chi connectivity index (χ0) is 20.1. The van der Waals surface area contributed by atoms with Crippen molar-refractivity contribution in [3.63, 3.8) is 0 Å². The average molecular weight is 405 g/mol. The topological polar surface area (TPSA) is 64.7 Å². The van der Waals surface area contributed by atoms with Crippen LogP contribution in [-0.2, 0) is 9.59 Å². The Bertz CT molecular complexity index is 521. The third-order valence-corrected chi connectivity index (χ3v) is 7.79. The zero-order valence-electron chi connectivity index (χ0n) is 18.0. The highest BCUT2D eigenvalue weighted by Gasteiger charge is 2.37. The Morgan fingerprint density at radius 2 is 0.966 bits per heavy atom. The Kier molecular flexibility index (Phi) is 7.46. The molecule has 2 N–H and O–H groups in total. The normalized spacial score (nSPS) is 32.7. The first-order chi connectivity index (χ1) is 14.2. The molecule has 4 aliphatic rings. The fourth-order valence-electron chi connectivity index (χ4n) is 6.14. The Morgan fingerprint density at radius 1 is 0.586 bits per heavy atom. The first-order valence-electron chi connectivity index (χ1n) is 12.3. The van der Waals surface area contributed by atoms with Crippen LogP contribution in [0.1, 0.15) is 83.5 Å². The highest BCUT2D eigenvalue weighted by molar-refractivity contribution is 5.77. The summed E-state index contributed by atoms with van der Waals surface area (Å²) < 4.78 is 0. The van der Waals surface area contributed by atoms with Gasteiger partial charge in [0.25, 0.3) is 0 Å². The van der Waals surface area contributed by atoms with Gasteiger partial charge in [-0.25, -0.2) is 0 Å². The molecule has 4 saturated heterocycles. The summed E-state index contributed by atoms with van der Waals surface area (Å²) in [6.45, 7) is 4.07. The van der Waals surface area contributed by atoms with Crippen LogP contribution in [0.2, 0.25) is 0 Å². The molecule has 164 valence electrons. The van der Waals surface area contributed by atoms with E-state index in [1.165, 1.54) is 83.7 Å². The maximum absolute atomic E-state index is 11.7. The van der Waals surface area contributed by atoms with Crippen molar-refractivity contribution >= 4 is 11.8 Å². The lowest BCUT2D eigenvalue weighted by atomic mass is 10.1. The molecule has 4 aliphatic heterocycles. The van der Waals surface area contributed by atoms with Crippen LogP contribution in [0.25, 0.3) is 0 Å². The first kappa shape index (κ1) is 21.1. The van der Waals surface area contributed by atoms with Crippen LogP contribution in [0.15, 0.2) is 0 Å². The van der Waals surface area contributed by atoms with Crippen LogP contribution in [0.4, 0.5) is 0 Å². The SMILES string of the molecule is O=C1CC2CCC(CN1)N2CCCCCCCCCN1C2CCC1CC(=O)NC2. The molecule has 0 saturated carbocycles. The predicted octanol–water partition coefficient (Wildman–Crippen LogP) is 2.42. The molecule has 0 aliphatic carbocycles. The molecule has 4 fully saturated rings. The fraction of sp³-hybridized carbons (Fsp3) is 0.913. The third kappa shape index (κ3) is 5.52. The maximum Gasteiger partial charge on any atom is 0.221 e. The summed E-state index contributed by atoms with van der Waals surface area (Å²) in [6, 6.07) is 2.18. The van der Waals surface area contributed by atoms with Gasteiger partial charge < -0.3 is 10.6 Å². The minimum Gasteiger partial charge on any atom is -0.354 e. The number of unbranched alkanes of at least 4 members (excludes halogenated alkanes) is 6. The number of nitrogens with one attached hydrogen (secondary N) is 2. The standard InChI is InChI=1S/C23H40N4O2/c28-22-14-18-8-10-20(16-24-22)26(18)12-6-4-2-1-3-5-7-13-27-19-9-11-21(27)17-25-23(29)15-19/h18-21H,1-17H2,(H,24,28)(H,25,29). The van der Waals surface area contributed by atoms with Crippen molar-refractivity contribution in [1.29, 1.82) is 0 Å². The summed E-state index contributed by atoms with van der Waals surface area (Å²) in [5.41, 5.74) is 0.